The summed E-state index contributed by atoms with van der Waals surface area (Å²) in [6.45, 7) is 2.80. The zero-order valence-electron chi connectivity index (χ0n) is 10.7. The number of hydrogen-bond donors (Lipinski definition) is 2. The molecule has 0 radical (unpaired) electrons. The van der Waals surface area contributed by atoms with Gasteiger partial charge in [-0.1, -0.05) is 0 Å². The van der Waals surface area contributed by atoms with Crippen LogP contribution in [0.25, 0.3) is 0 Å². The van der Waals surface area contributed by atoms with Crippen molar-refractivity contribution >= 4 is 22.9 Å². The fourth-order valence-electron chi connectivity index (χ4n) is 2.67. The van der Waals surface area contributed by atoms with Gasteiger partial charge in [0.2, 0.25) is 0 Å². The molecule has 4 heteroatoms. The van der Waals surface area contributed by atoms with Crippen LogP contribution in [-0.4, -0.2) is 12.5 Å². The number of thiophene rings is 1. The molecule has 0 bridgehead atoms. The third kappa shape index (κ3) is 2.53. The number of nitrogens with one attached hydrogen (secondary N) is 1. The highest BCUT2D eigenvalue weighted by atomic mass is 32.1. The summed E-state index contributed by atoms with van der Waals surface area (Å²) in [6.07, 6.45) is 5.45. The molecule has 1 heterocycles. The molecule has 0 saturated heterocycles. The summed E-state index contributed by atoms with van der Waals surface area (Å²) in [5, 5.41) is 3.10. The van der Waals surface area contributed by atoms with E-state index in [2.05, 4.69) is 5.32 Å². The first-order chi connectivity index (χ1) is 8.65. The summed E-state index contributed by atoms with van der Waals surface area (Å²) in [7, 11) is 0. The Kier molecular flexibility index (Phi) is 3.06. The molecule has 1 aromatic heterocycles. The lowest BCUT2D eigenvalue weighted by Crippen LogP contribution is -2.30. The molecule has 0 atom stereocenters. The molecule has 0 aromatic carbocycles. The SMILES string of the molecule is Cc1sc(C(=O)NCC(C2CC2)C2CC2)cc1N. The lowest BCUT2D eigenvalue weighted by Gasteiger charge is -2.15. The molecule has 3 rings (SSSR count). The molecule has 2 aliphatic rings. The summed E-state index contributed by atoms with van der Waals surface area (Å²) >= 11 is 1.49. The highest BCUT2D eigenvalue weighted by Gasteiger charge is 2.41. The first kappa shape index (κ1) is 12.0. The predicted octanol–water partition coefficient (Wildman–Crippen LogP) is 2.80. The molecule has 18 heavy (non-hydrogen) atoms. The van der Waals surface area contributed by atoms with Gasteiger partial charge in [-0.05, 0) is 56.4 Å². The van der Waals surface area contributed by atoms with Crippen molar-refractivity contribution in [3.63, 3.8) is 0 Å². The van der Waals surface area contributed by atoms with Crippen LogP contribution >= 0.6 is 11.3 Å². The van der Waals surface area contributed by atoms with Crippen molar-refractivity contribution in [2.24, 2.45) is 17.8 Å². The second-order valence-electron chi connectivity index (χ2n) is 5.67. The minimum atomic E-state index is 0.0473. The normalized spacial score (nSPS) is 19.2. The van der Waals surface area contributed by atoms with E-state index in [4.69, 9.17) is 5.73 Å². The van der Waals surface area contributed by atoms with Crippen molar-refractivity contribution in [2.75, 3.05) is 12.3 Å². The van der Waals surface area contributed by atoms with Crippen LogP contribution in [0.2, 0.25) is 0 Å². The van der Waals surface area contributed by atoms with E-state index in [0.29, 0.717) is 0 Å². The van der Waals surface area contributed by atoms with Crippen molar-refractivity contribution in [2.45, 2.75) is 32.6 Å². The topological polar surface area (TPSA) is 55.1 Å². The lowest BCUT2D eigenvalue weighted by atomic mass is 9.98. The number of nitrogens with two attached hydrogens (primary N) is 1. The Morgan fingerprint density at radius 1 is 1.44 bits per heavy atom. The molecule has 1 amide bonds. The Hall–Kier alpha value is -1.03. The molecule has 0 spiro atoms. The Labute approximate surface area is 112 Å². The van der Waals surface area contributed by atoms with Gasteiger partial charge in [-0.15, -0.1) is 11.3 Å². The van der Waals surface area contributed by atoms with Crippen LogP contribution in [0.1, 0.15) is 40.2 Å². The van der Waals surface area contributed by atoms with Crippen LogP contribution in [0, 0.1) is 24.7 Å². The van der Waals surface area contributed by atoms with E-state index >= 15 is 0 Å². The summed E-state index contributed by atoms with van der Waals surface area (Å²) in [5.41, 5.74) is 6.51. The predicted molar refractivity (Wildman–Crippen MR) is 74.7 cm³/mol. The molecule has 2 saturated carbocycles. The monoisotopic (exact) mass is 264 g/mol. The van der Waals surface area contributed by atoms with Crippen LogP contribution in [0.5, 0.6) is 0 Å². The first-order valence-electron chi connectivity index (χ1n) is 6.79. The quantitative estimate of drug-likeness (QED) is 0.859. The average molecular weight is 264 g/mol. The van der Waals surface area contributed by atoms with Crippen LogP contribution in [-0.2, 0) is 0 Å². The van der Waals surface area contributed by atoms with Crippen LogP contribution in [0.4, 0.5) is 5.69 Å². The second kappa shape index (κ2) is 4.57. The minimum absolute atomic E-state index is 0.0473. The summed E-state index contributed by atoms with van der Waals surface area (Å²) in [6, 6.07) is 1.79. The van der Waals surface area contributed by atoms with Gasteiger partial charge in [0.25, 0.3) is 5.91 Å². The van der Waals surface area contributed by atoms with E-state index in [1.54, 1.807) is 6.07 Å². The number of aryl methyl sites for hydroxylation is 1. The van der Waals surface area contributed by atoms with E-state index in [9.17, 15) is 4.79 Å². The molecular formula is C14H20N2OS. The number of carbonyl (C=O) groups excluding carboxylic acids is 1. The Morgan fingerprint density at radius 3 is 2.50 bits per heavy atom. The highest BCUT2D eigenvalue weighted by Crippen LogP contribution is 2.48. The largest absolute Gasteiger partial charge is 0.398 e. The summed E-state index contributed by atoms with van der Waals surface area (Å²) in [5.74, 6) is 2.54. The maximum atomic E-state index is 12.0. The molecular weight excluding hydrogens is 244 g/mol. The van der Waals surface area contributed by atoms with Gasteiger partial charge in [0.05, 0.1) is 4.88 Å². The summed E-state index contributed by atoms with van der Waals surface area (Å²) in [4.78, 5) is 13.8. The van der Waals surface area contributed by atoms with E-state index < -0.39 is 0 Å². The van der Waals surface area contributed by atoms with Gasteiger partial charge in [-0.3, -0.25) is 4.79 Å². The van der Waals surface area contributed by atoms with Gasteiger partial charge in [0.1, 0.15) is 0 Å². The number of rotatable bonds is 5. The molecule has 0 unspecified atom stereocenters. The fraction of sp³-hybridized carbons (Fsp3) is 0.643. The number of carbonyl (C=O) groups is 1. The first-order valence-corrected chi connectivity index (χ1v) is 7.61. The Balaban J connectivity index is 1.57. The molecule has 2 aliphatic carbocycles. The van der Waals surface area contributed by atoms with Crippen molar-refractivity contribution in [3.8, 4) is 0 Å². The zero-order valence-corrected chi connectivity index (χ0v) is 11.6. The van der Waals surface area contributed by atoms with E-state index in [1.165, 1.54) is 37.0 Å². The minimum Gasteiger partial charge on any atom is -0.398 e. The van der Waals surface area contributed by atoms with Gasteiger partial charge in [0.15, 0.2) is 0 Å². The van der Waals surface area contributed by atoms with Crippen LogP contribution in [0.3, 0.4) is 0 Å². The number of amides is 1. The molecule has 2 fully saturated rings. The zero-order chi connectivity index (χ0) is 12.7. The average Bonchev–Trinajstić information content (AvgIpc) is 3.22. The molecule has 1 aromatic rings. The van der Waals surface area contributed by atoms with E-state index in [-0.39, 0.29) is 5.91 Å². The number of anilines is 1. The van der Waals surface area contributed by atoms with Crippen molar-refractivity contribution in [3.05, 3.63) is 15.8 Å². The lowest BCUT2D eigenvalue weighted by molar-refractivity contribution is 0.0947. The maximum Gasteiger partial charge on any atom is 0.261 e. The van der Waals surface area contributed by atoms with Crippen molar-refractivity contribution < 1.29 is 4.79 Å². The Bertz CT molecular complexity index is 429. The standard InChI is InChI=1S/C14H20N2OS/c1-8-12(15)6-13(18-8)14(17)16-7-11(9-2-3-9)10-4-5-10/h6,9-11H,2-5,7,15H2,1H3,(H,16,17). The molecule has 0 aliphatic heterocycles. The van der Waals surface area contributed by atoms with Gasteiger partial charge >= 0.3 is 0 Å². The number of hydrogen-bond acceptors (Lipinski definition) is 3. The third-order valence-electron chi connectivity index (χ3n) is 4.13. The molecule has 3 nitrogen and oxygen atoms in total. The molecule has 98 valence electrons. The van der Waals surface area contributed by atoms with E-state index in [1.807, 2.05) is 6.92 Å². The van der Waals surface area contributed by atoms with Gasteiger partial charge < -0.3 is 11.1 Å². The van der Waals surface area contributed by atoms with Crippen LogP contribution < -0.4 is 11.1 Å². The summed E-state index contributed by atoms with van der Waals surface area (Å²) < 4.78 is 0. The fourth-order valence-corrected chi connectivity index (χ4v) is 3.53. The van der Waals surface area contributed by atoms with Gasteiger partial charge in [0, 0.05) is 17.1 Å². The van der Waals surface area contributed by atoms with Gasteiger partial charge in [-0.2, -0.15) is 0 Å². The Morgan fingerprint density at radius 2 is 2.06 bits per heavy atom. The van der Waals surface area contributed by atoms with Crippen molar-refractivity contribution in [1.82, 2.24) is 5.32 Å². The second-order valence-corrected chi connectivity index (χ2v) is 6.93. The van der Waals surface area contributed by atoms with Crippen molar-refractivity contribution in [1.29, 1.82) is 0 Å². The number of nitrogen functional groups attached to an aromatic ring is 1. The third-order valence-corrected chi connectivity index (χ3v) is 5.20. The smallest absolute Gasteiger partial charge is 0.261 e. The molecule has 3 N–H and O–H groups in total. The van der Waals surface area contributed by atoms with Crippen LogP contribution in [0.15, 0.2) is 6.07 Å². The van der Waals surface area contributed by atoms with Gasteiger partial charge in [-0.25, -0.2) is 0 Å². The van der Waals surface area contributed by atoms with E-state index in [0.717, 1.165) is 39.7 Å². The highest BCUT2D eigenvalue weighted by molar-refractivity contribution is 7.14. The maximum absolute atomic E-state index is 12.0.